The third-order valence-corrected chi connectivity index (χ3v) is 4.58. The van der Waals surface area contributed by atoms with E-state index in [-0.39, 0.29) is 11.7 Å². The van der Waals surface area contributed by atoms with Crippen molar-refractivity contribution in [3.8, 4) is 5.75 Å². The fraction of sp³-hybridized carbons (Fsp3) is 0.353. The summed E-state index contributed by atoms with van der Waals surface area (Å²) in [7, 11) is 1.62. The number of carbonyl (C=O) groups is 1. The van der Waals surface area contributed by atoms with Gasteiger partial charge < -0.3 is 20.3 Å². The van der Waals surface area contributed by atoms with Crippen LogP contribution in [0.5, 0.6) is 5.75 Å². The Kier molecular flexibility index (Phi) is 5.23. The first-order chi connectivity index (χ1) is 12.1. The summed E-state index contributed by atoms with van der Waals surface area (Å²) in [6.45, 7) is 2.53. The summed E-state index contributed by atoms with van der Waals surface area (Å²) in [6.07, 6.45) is 1.76. The first-order valence-corrected chi connectivity index (χ1v) is 8.38. The molecule has 1 aliphatic heterocycles. The molecule has 0 radical (unpaired) electrons. The first-order valence-electron chi connectivity index (χ1n) is 8.00. The zero-order valence-electron chi connectivity index (χ0n) is 14.0. The number of nitrogen functional groups attached to an aromatic ring is 1. The summed E-state index contributed by atoms with van der Waals surface area (Å²) in [6, 6.07) is 7.57. The molecule has 1 aromatic carbocycles. The van der Waals surface area contributed by atoms with Crippen molar-refractivity contribution in [3.05, 3.63) is 41.2 Å². The highest BCUT2D eigenvalue weighted by Gasteiger charge is 2.24. The van der Waals surface area contributed by atoms with E-state index in [4.69, 9.17) is 22.1 Å². The molecule has 0 unspecified atom stereocenters. The highest BCUT2D eigenvalue weighted by molar-refractivity contribution is 6.35. The molecule has 1 amide bonds. The van der Waals surface area contributed by atoms with Gasteiger partial charge in [0.05, 0.1) is 13.5 Å². The van der Waals surface area contributed by atoms with E-state index in [1.807, 2.05) is 34.1 Å². The van der Waals surface area contributed by atoms with Crippen LogP contribution in [-0.2, 0) is 11.2 Å². The lowest BCUT2D eigenvalue weighted by atomic mass is 10.1. The van der Waals surface area contributed by atoms with Gasteiger partial charge in [-0.05, 0) is 17.7 Å². The highest BCUT2D eigenvalue weighted by atomic mass is 35.5. The van der Waals surface area contributed by atoms with E-state index < -0.39 is 0 Å². The number of amides is 1. The minimum absolute atomic E-state index is 0.0983. The van der Waals surface area contributed by atoms with E-state index in [9.17, 15) is 4.79 Å². The third-order valence-electron chi connectivity index (χ3n) is 4.22. The van der Waals surface area contributed by atoms with Crippen LogP contribution in [0.3, 0.4) is 0 Å². The molecule has 1 fully saturated rings. The highest BCUT2D eigenvalue weighted by Crippen LogP contribution is 2.27. The number of hydrogen-bond donors (Lipinski definition) is 1. The maximum Gasteiger partial charge on any atom is 0.227 e. The number of rotatable bonds is 4. The van der Waals surface area contributed by atoms with Crippen molar-refractivity contribution in [3.63, 3.8) is 0 Å². The minimum Gasteiger partial charge on any atom is -0.497 e. The molecule has 0 atom stereocenters. The molecule has 8 heteroatoms. The van der Waals surface area contributed by atoms with Gasteiger partial charge in [-0.1, -0.05) is 23.7 Å². The molecule has 0 bridgehead atoms. The maximum absolute atomic E-state index is 12.5. The van der Waals surface area contributed by atoms with Gasteiger partial charge in [0.15, 0.2) is 5.82 Å². The number of benzene rings is 1. The molecule has 2 N–H and O–H groups in total. The van der Waals surface area contributed by atoms with Gasteiger partial charge in [-0.15, -0.1) is 0 Å². The summed E-state index contributed by atoms with van der Waals surface area (Å²) in [5, 5.41) is 0.360. The number of anilines is 2. The monoisotopic (exact) mass is 361 g/mol. The number of ether oxygens (including phenoxy) is 1. The lowest BCUT2D eigenvalue weighted by Crippen LogP contribution is -2.49. The maximum atomic E-state index is 12.5. The molecular weight excluding hydrogens is 342 g/mol. The molecule has 1 aromatic heterocycles. The summed E-state index contributed by atoms with van der Waals surface area (Å²) in [4.78, 5) is 24.5. The number of nitrogens with zero attached hydrogens (tertiary/aromatic N) is 4. The van der Waals surface area contributed by atoms with Crippen molar-refractivity contribution in [2.45, 2.75) is 6.42 Å². The predicted molar refractivity (Wildman–Crippen MR) is 96.9 cm³/mol. The number of nitrogens with two attached hydrogens (primary N) is 1. The van der Waals surface area contributed by atoms with Crippen molar-refractivity contribution in [2.75, 3.05) is 43.9 Å². The Morgan fingerprint density at radius 3 is 2.76 bits per heavy atom. The van der Waals surface area contributed by atoms with Crippen LogP contribution >= 0.6 is 11.6 Å². The van der Waals surface area contributed by atoms with Gasteiger partial charge in [-0.3, -0.25) is 4.79 Å². The summed E-state index contributed by atoms with van der Waals surface area (Å²) < 4.78 is 5.20. The van der Waals surface area contributed by atoms with Crippen LogP contribution in [0.4, 0.5) is 11.6 Å². The van der Waals surface area contributed by atoms with Gasteiger partial charge in [0.25, 0.3) is 0 Å². The van der Waals surface area contributed by atoms with Crippen molar-refractivity contribution >= 4 is 29.1 Å². The number of halogens is 1. The third kappa shape index (κ3) is 3.93. The second-order valence-corrected chi connectivity index (χ2v) is 6.17. The van der Waals surface area contributed by atoms with Crippen LogP contribution in [0.2, 0.25) is 5.02 Å². The zero-order chi connectivity index (χ0) is 17.8. The molecule has 25 heavy (non-hydrogen) atoms. The van der Waals surface area contributed by atoms with Crippen LogP contribution in [0.25, 0.3) is 0 Å². The molecule has 1 saturated heterocycles. The van der Waals surface area contributed by atoms with Crippen LogP contribution < -0.4 is 15.4 Å². The lowest BCUT2D eigenvalue weighted by molar-refractivity contribution is -0.130. The fourth-order valence-electron chi connectivity index (χ4n) is 2.83. The van der Waals surface area contributed by atoms with Crippen LogP contribution in [0.15, 0.2) is 30.6 Å². The van der Waals surface area contributed by atoms with Crippen molar-refractivity contribution < 1.29 is 9.53 Å². The Labute approximate surface area is 151 Å². The quantitative estimate of drug-likeness (QED) is 0.890. The Bertz CT molecular complexity index is 762. The Morgan fingerprint density at radius 2 is 2.04 bits per heavy atom. The molecule has 0 saturated carbocycles. The Hall–Kier alpha value is -2.54. The van der Waals surface area contributed by atoms with Gasteiger partial charge in [0.2, 0.25) is 5.91 Å². The molecule has 2 heterocycles. The van der Waals surface area contributed by atoms with Crippen LogP contribution in [0, 0.1) is 0 Å². The molecule has 3 rings (SSSR count). The van der Waals surface area contributed by atoms with E-state index >= 15 is 0 Å². The van der Waals surface area contributed by atoms with Gasteiger partial charge in [0, 0.05) is 26.2 Å². The Balaban J connectivity index is 1.60. The topological polar surface area (TPSA) is 84.6 Å². The largest absolute Gasteiger partial charge is 0.497 e. The molecule has 7 nitrogen and oxygen atoms in total. The normalized spacial score (nSPS) is 14.5. The predicted octanol–water partition coefficient (Wildman–Crippen LogP) is 1.61. The number of methoxy groups -OCH3 is 1. The van der Waals surface area contributed by atoms with Gasteiger partial charge >= 0.3 is 0 Å². The standard InChI is InChI=1S/C17H20ClN5O2/c1-25-13-4-2-3-12(9-13)10-14(24)22-5-7-23(8-6-22)17-15(18)16(19)20-11-21-17/h2-4,9,11H,5-8,10H2,1H3,(H2,19,20,21). The molecule has 2 aromatic rings. The van der Waals surface area contributed by atoms with Crippen LogP contribution in [-0.4, -0.2) is 54.1 Å². The lowest BCUT2D eigenvalue weighted by Gasteiger charge is -2.35. The number of carbonyl (C=O) groups excluding carboxylic acids is 1. The summed E-state index contributed by atoms with van der Waals surface area (Å²) in [5.41, 5.74) is 6.67. The molecule has 1 aliphatic rings. The summed E-state index contributed by atoms with van der Waals surface area (Å²) in [5.74, 6) is 1.74. The summed E-state index contributed by atoms with van der Waals surface area (Å²) >= 11 is 6.18. The van der Waals surface area contributed by atoms with E-state index in [1.54, 1.807) is 7.11 Å². The first kappa shape index (κ1) is 17.3. The number of hydrogen-bond acceptors (Lipinski definition) is 6. The van der Waals surface area contributed by atoms with Crippen molar-refractivity contribution in [1.29, 1.82) is 0 Å². The average molecular weight is 362 g/mol. The zero-order valence-corrected chi connectivity index (χ0v) is 14.7. The molecule has 132 valence electrons. The van der Waals surface area contributed by atoms with Crippen molar-refractivity contribution in [1.82, 2.24) is 14.9 Å². The Morgan fingerprint density at radius 1 is 1.28 bits per heavy atom. The van der Waals surface area contributed by atoms with Crippen molar-refractivity contribution in [2.24, 2.45) is 0 Å². The minimum atomic E-state index is 0.0983. The van der Waals surface area contributed by atoms with Gasteiger partial charge in [-0.25, -0.2) is 9.97 Å². The van der Waals surface area contributed by atoms with E-state index in [0.29, 0.717) is 43.4 Å². The van der Waals surface area contributed by atoms with E-state index in [2.05, 4.69) is 9.97 Å². The van der Waals surface area contributed by atoms with Gasteiger partial charge in [-0.2, -0.15) is 0 Å². The van der Waals surface area contributed by atoms with Gasteiger partial charge in [0.1, 0.15) is 22.9 Å². The number of aromatic nitrogens is 2. The smallest absolute Gasteiger partial charge is 0.227 e. The molecule has 0 spiro atoms. The second-order valence-electron chi connectivity index (χ2n) is 5.79. The second kappa shape index (κ2) is 7.57. The average Bonchev–Trinajstić information content (AvgIpc) is 2.64. The number of piperazine rings is 1. The SMILES string of the molecule is COc1cccc(CC(=O)N2CCN(c3ncnc(N)c3Cl)CC2)c1. The van der Waals surface area contributed by atoms with E-state index in [0.717, 1.165) is 11.3 Å². The fourth-order valence-corrected chi connectivity index (χ4v) is 3.05. The van der Waals surface area contributed by atoms with Crippen LogP contribution in [0.1, 0.15) is 5.56 Å². The molecular formula is C17H20ClN5O2. The van der Waals surface area contributed by atoms with E-state index in [1.165, 1.54) is 6.33 Å². The molecule has 0 aliphatic carbocycles.